The summed E-state index contributed by atoms with van der Waals surface area (Å²) in [4.78, 5) is 5.94. The van der Waals surface area contributed by atoms with Crippen LogP contribution >= 0.6 is 11.3 Å². The molecule has 1 aromatic heterocycles. The first kappa shape index (κ1) is 18.1. The first-order valence-corrected chi connectivity index (χ1v) is 10.4. The maximum Gasteiger partial charge on any atom is 0.264 e. The summed E-state index contributed by atoms with van der Waals surface area (Å²) in [5, 5.41) is 0.837. The molecule has 27 heavy (non-hydrogen) atoms. The fourth-order valence-electron chi connectivity index (χ4n) is 2.76. The maximum absolute atomic E-state index is 13.8. The molecule has 1 aliphatic rings. The van der Waals surface area contributed by atoms with Crippen molar-refractivity contribution in [3.05, 3.63) is 48.0 Å². The molecule has 10 heteroatoms. The largest absolute Gasteiger partial charge is 0.378 e. The summed E-state index contributed by atoms with van der Waals surface area (Å²) in [5.74, 6) is -1.85. The second-order valence-electron chi connectivity index (χ2n) is 5.96. The van der Waals surface area contributed by atoms with Crippen molar-refractivity contribution in [3.8, 4) is 0 Å². The Morgan fingerprint density at radius 2 is 1.89 bits per heavy atom. The number of thiazole rings is 1. The molecule has 1 N–H and O–H groups in total. The van der Waals surface area contributed by atoms with Crippen LogP contribution in [0.25, 0.3) is 10.2 Å². The number of rotatable bonds is 4. The highest BCUT2D eigenvalue weighted by Crippen LogP contribution is 2.32. The molecular weight excluding hydrogens is 396 g/mol. The van der Waals surface area contributed by atoms with E-state index in [2.05, 4.69) is 14.6 Å². The Kier molecular flexibility index (Phi) is 4.70. The Hall–Kier alpha value is -2.30. The molecule has 4 rings (SSSR count). The van der Waals surface area contributed by atoms with Gasteiger partial charge < -0.3 is 9.64 Å². The van der Waals surface area contributed by atoms with Crippen LogP contribution in [0.5, 0.6) is 0 Å². The summed E-state index contributed by atoms with van der Waals surface area (Å²) in [6, 6.07) is 7.16. The standard InChI is InChI=1S/C17H15F2N3O3S2/c18-11-1-3-13(19)16(9-11)27(23,24)21-12-2-4-14-15(10-12)26-17(20-14)22-5-7-25-8-6-22/h1-4,9-10,21H,5-8H2. The predicted molar refractivity (Wildman–Crippen MR) is 99.8 cm³/mol. The van der Waals surface area contributed by atoms with Gasteiger partial charge >= 0.3 is 0 Å². The van der Waals surface area contributed by atoms with Crippen molar-refractivity contribution in [2.24, 2.45) is 0 Å². The van der Waals surface area contributed by atoms with Gasteiger partial charge in [-0.3, -0.25) is 4.72 Å². The Bertz CT molecular complexity index is 1100. The predicted octanol–water partition coefficient (Wildman–Crippen LogP) is 3.21. The van der Waals surface area contributed by atoms with Crippen LogP contribution < -0.4 is 9.62 Å². The molecule has 0 radical (unpaired) electrons. The van der Waals surface area contributed by atoms with Crippen molar-refractivity contribution in [1.29, 1.82) is 0 Å². The number of anilines is 2. The van der Waals surface area contributed by atoms with Gasteiger partial charge in [0, 0.05) is 13.1 Å². The average Bonchev–Trinajstić information content (AvgIpc) is 3.07. The number of benzene rings is 2. The monoisotopic (exact) mass is 411 g/mol. The van der Waals surface area contributed by atoms with Crippen molar-refractivity contribution in [3.63, 3.8) is 0 Å². The van der Waals surface area contributed by atoms with Crippen LogP contribution in [0.3, 0.4) is 0 Å². The zero-order chi connectivity index (χ0) is 19.0. The molecule has 0 unspecified atom stereocenters. The third kappa shape index (κ3) is 3.73. The van der Waals surface area contributed by atoms with Crippen LogP contribution in [-0.2, 0) is 14.8 Å². The molecule has 0 spiro atoms. The molecule has 3 aromatic rings. The van der Waals surface area contributed by atoms with Gasteiger partial charge in [0.25, 0.3) is 10.0 Å². The summed E-state index contributed by atoms with van der Waals surface area (Å²) in [6.07, 6.45) is 0. The summed E-state index contributed by atoms with van der Waals surface area (Å²) in [7, 11) is -4.26. The highest BCUT2D eigenvalue weighted by atomic mass is 32.2. The summed E-state index contributed by atoms with van der Waals surface area (Å²) >= 11 is 1.44. The van der Waals surface area contributed by atoms with E-state index in [1.165, 1.54) is 11.3 Å². The van der Waals surface area contributed by atoms with E-state index < -0.39 is 26.6 Å². The number of hydrogen-bond acceptors (Lipinski definition) is 6. The van der Waals surface area contributed by atoms with Gasteiger partial charge in [-0.05, 0) is 36.4 Å². The van der Waals surface area contributed by atoms with Crippen molar-refractivity contribution >= 4 is 42.4 Å². The molecule has 142 valence electrons. The number of nitrogens with zero attached hydrogens (tertiary/aromatic N) is 2. The number of fused-ring (bicyclic) bond motifs is 1. The molecule has 2 aromatic carbocycles. The lowest BCUT2D eigenvalue weighted by Crippen LogP contribution is -2.36. The second kappa shape index (κ2) is 7.02. The highest BCUT2D eigenvalue weighted by Gasteiger charge is 2.21. The van der Waals surface area contributed by atoms with Crippen molar-refractivity contribution in [1.82, 2.24) is 4.98 Å². The van der Waals surface area contributed by atoms with E-state index in [0.29, 0.717) is 19.3 Å². The second-order valence-corrected chi connectivity index (χ2v) is 8.62. The number of morpholine rings is 1. The van der Waals surface area contributed by atoms with Crippen molar-refractivity contribution in [2.45, 2.75) is 4.90 Å². The molecule has 1 aliphatic heterocycles. The Morgan fingerprint density at radius 1 is 1.11 bits per heavy atom. The minimum Gasteiger partial charge on any atom is -0.378 e. The van der Waals surface area contributed by atoms with E-state index in [4.69, 9.17) is 4.74 Å². The lowest BCUT2D eigenvalue weighted by atomic mass is 10.3. The fraction of sp³-hybridized carbons (Fsp3) is 0.235. The van der Waals surface area contributed by atoms with E-state index in [1.807, 2.05) is 0 Å². The number of sulfonamides is 1. The van der Waals surface area contributed by atoms with Gasteiger partial charge in [0.1, 0.15) is 16.5 Å². The SMILES string of the molecule is O=S(=O)(Nc1ccc2nc(N3CCOCC3)sc2c1)c1cc(F)ccc1F. The van der Waals surface area contributed by atoms with Gasteiger partial charge in [0.2, 0.25) is 0 Å². The third-order valence-electron chi connectivity index (χ3n) is 4.09. The minimum absolute atomic E-state index is 0.253. The molecule has 0 aliphatic carbocycles. The van der Waals surface area contributed by atoms with E-state index in [1.54, 1.807) is 18.2 Å². The van der Waals surface area contributed by atoms with Crippen LogP contribution in [0, 0.1) is 11.6 Å². The Labute approximate surface area is 158 Å². The van der Waals surface area contributed by atoms with Crippen LogP contribution in [0.1, 0.15) is 0 Å². The van der Waals surface area contributed by atoms with Crippen LogP contribution in [0.4, 0.5) is 19.6 Å². The molecule has 6 nitrogen and oxygen atoms in total. The lowest BCUT2D eigenvalue weighted by molar-refractivity contribution is 0.122. The molecule has 1 saturated heterocycles. The quantitative estimate of drug-likeness (QED) is 0.714. The molecular formula is C17H15F2N3O3S2. The summed E-state index contributed by atoms with van der Waals surface area (Å²) < 4.78 is 60.4. The topological polar surface area (TPSA) is 71.5 Å². The fourth-order valence-corrected chi connectivity index (χ4v) is 4.96. The van der Waals surface area contributed by atoms with Gasteiger partial charge in [-0.1, -0.05) is 11.3 Å². The zero-order valence-electron chi connectivity index (χ0n) is 14.0. The van der Waals surface area contributed by atoms with Gasteiger partial charge in [-0.2, -0.15) is 0 Å². The van der Waals surface area contributed by atoms with E-state index in [9.17, 15) is 17.2 Å². The summed E-state index contributed by atoms with van der Waals surface area (Å²) in [5.41, 5.74) is 0.990. The average molecular weight is 411 g/mol. The number of nitrogens with one attached hydrogen (secondary N) is 1. The van der Waals surface area contributed by atoms with Crippen LogP contribution in [0.2, 0.25) is 0 Å². The first-order chi connectivity index (χ1) is 12.9. The van der Waals surface area contributed by atoms with Gasteiger partial charge in [-0.15, -0.1) is 0 Å². The first-order valence-electron chi connectivity index (χ1n) is 8.13. The van der Waals surface area contributed by atoms with Crippen LogP contribution in [0.15, 0.2) is 41.3 Å². The van der Waals surface area contributed by atoms with Gasteiger partial charge in [0.05, 0.1) is 29.1 Å². The molecule has 1 fully saturated rings. The lowest BCUT2D eigenvalue weighted by Gasteiger charge is -2.25. The highest BCUT2D eigenvalue weighted by molar-refractivity contribution is 7.92. The normalized spacial score (nSPS) is 15.3. The molecule has 0 saturated carbocycles. The van der Waals surface area contributed by atoms with E-state index in [0.717, 1.165) is 40.6 Å². The Morgan fingerprint density at radius 3 is 2.67 bits per heavy atom. The third-order valence-corrected chi connectivity index (χ3v) is 6.57. The van der Waals surface area contributed by atoms with Gasteiger partial charge in [0.15, 0.2) is 5.13 Å². The van der Waals surface area contributed by atoms with Gasteiger partial charge in [-0.25, -0.2) is 22.2 Å². The number of halogens is 2. The van der Waals surface area contributed by atoms with Crippen LogP contribution in [-0.4, -0.2) is 39.7 Å². The van der Waals surface area contributed by atoms with Crippen molar-refractivity contribution < 1.29 is 21.9 Å². The minimum atomic E-state index is -4.26. The maximum atomic E-state index is 13.8. The van der Waals surface area contributed by atoms with Crippen molar-refractivity contribution in [2.75, 3.05) is 35.9 Å². The molecule has 2 heterocycles. The number of aromatic nitrogens is 1. The smallest absolute Gasteiger partial charge is 0.264 e. The van der Waals surface area contributed by atoms with E-state index >= 15 is 0 Å². The Balaban J connectivity index is 1.63. The number of ether oxygens (including phenoxy) is 1. The summed E-state index contributed by atoms with van der Waals surface area (Å²) in [6.45, 7) is 2.77. The zero-order valence-corrected chi connectivity index (χ0v) is 15.6. The molecule has 0 atom stereocenters. The molecule has 0 bridgehead atoms. The number of hydrogen-bond donors (Lipinski definition) is 1. The molecule has 0 amide bonds. The van der Waals surface area contributed by atoms with E-state index in [-0.39, 0.29) is 5.69 Å².